The monoisotopic (exact) mass is 239 g/mol. The molecule has 6 heteroatoms. The summed E-state index contributed by atoms with van der Waals surface area (Å²) in [5.74, 6) is 2.26. The van der Waals surface area contributed by atoms with E-state index in [1.165, 1.54) is 0 Å². The summed E-state index contributed by atoms with van der Waals surface area (Å²) in [6.07, 6.45) is 5.21. The van der Waals surface area contributed by atoms with E-state index in [9.17, 15) is 4.79 Å². The molecule has 0 aliphatic carbocycles. The van der Waals surface area contributed by atoms with Gasteiger partial charge in [0.05, 0.1) is 0 Å². The van der Waals surface area contributed by atoms with Gasteiger partial charge < -0.3 is 10.4 Å². The fourth-order valence-electron chi connectivity index (χ4n) is 0.995. The van der Waals surface area contributed by atoms with Crippen LogP contribution < -0.4 is 5.32 Å². The number of nitrogens with one attached hydrogen (secondary N) is 1. The topological polar surface area (TPSA) is 75.1 Å². The van der Waals surface area contributed by atoms with E-state index in [0.29, 0.717) is 11.0 Å². The highest BCUT2D eigenvalue weighted by Gasteiger charge is 2.18. The molecule has 2 N–H and O–H groups in total. The normalized spacial score (nSPS) is 12.1. The molecule has 0 spiro atoms. The minimum absolute atomic E-state index is 0.117. The molecular formula is C10H13N3O2S. The zero-order valence-corrected chi connectivity index (χ0v) is 9.91. The molecule has 1 heterocycles. The predicted octanol–water partition coefficient (Wildman–Crippen LogP) is 1.55. The molecule has 86 valence electrons. The summed E-state index contributed by atoms with van der Waals surface area (Å²) < 4.78 is 4.11. The van der Waals surface area contributed by atoms with Crippen molar-refractivity contribution in [3.05, 3.63) is 5.82 Å². The van der Waals surface area contributed by atoms with Crippen LogP contribution in [0.1, 0.15) is 32.0 Å². The molecule has 16 heavy (non-hydrogen) atoms. The summed E-state index contributed by atoms with van der Waals surface area (Å²) in [7, 11) is 0. The van der Waals surface area contributed by atoms with E-state index in [2.05, 4.69) is 20.6 Å². The number of anilines is 1. The summed E-state index contributed by atoms with van der Waals surface area (Å²) in [5, 5.41) is 12.1. The third-order valence-electron chi connectivity index (χ3n) is 1.88. The smallest absolute Gasteiger partial charge is 0.327 e. The molecule has 0 aliphatic heterocycles. The first kappa shape index (κ1) is 12.5. The zero-order chi connectivity index (χ0) is 12.1. The first-order chi connectivity index (χ1) is 7.54. The van der Waals surface area contributed by atoms with E-state index >= 15 is 0 Å². The molecular weight excluding hydrogens is 226 g/mol. The van der Waals surface area contributed by atoms with E-state index in [1.807, 2.05) is 13.8 Å². The second-order valence-electron chi connectivity index (χ2n) is 3.56. The highest BCUT2D eigenvalue weighted by Crippen LogP contribution is 2.18. The minimum atomic E-state index is -0.987. The number of carboxylic acid groups (broad SMARTS) is 1. The molecule has 1 atom stereocenters. The number of carboxylic acids is 1. The Labute approximate surface area is 98.1 Å². The molecule has 5 nitrogen and oxygen atoms in total. The SMILES string of the molecule is C#CCC(Nc1nc(C(C)C)ns1)C(=O)O. The lowest BCUT2D eigenvalue weighted by atomic mass is 10.2. The van der Waals surface area contributed by atoms with Gasteiger partial charge >= 0.3 is 5.97 Å². The first-order valence-electron chi connectivity index (χ1n) is 4.81. The fraction of sp³-hybridized carbons (Fsp3) is 0.500. The van der Waals surface area contributed by atoms with Gasteiger partial charge in [0.25, 0.3) is 0 Å². The molecule has 1 aromatic heterocycles. The molecule has 0 saturated carbocycles. The van der Waals surface area contributed by atoms with Crippen LogP contribution >= 0.6 is 11.5 Å². The van der Waals surface area contributed by atoms with Crippen LogP contribution in [0.3, 0.4) is 0 Å². The third-order valence-corrected chi connectivity index (χ3v) is 2.54. The molecule has 0 amide bonds. The van der Waals surface area contributed by atoms with Crippen LogP contribution in [0, 0.1) is 12.3 Å². The molecule has 0 aliphatic rings. The van der Waals surface area contributed by atoms with Crippen LogP contribution in [-0.2, 0) is 4.79 Å². The second-order valence-corrected chi connectivity index (χ2v) is 4.31. The molecule has 0 saturated heterocycles. The lowest BCUT2D eigenvalue weighted by molar-refractivity contribution is -0.137. The summed E-state index contributed by atoms with van der Waals surface area (Å²) in [6.45, 7) is 3.95. The van der Waals surface area contributed by atoms with Gasteiger partial charge in [0.2, 0.25) is 5.13 Å². The van der Waals surface area contributed by atoms with Gasteiger partial charge in [0.15, 0.2) is 0 Å². The number of rotatable bonds is 5. The van der Waals surface area contributed by atoms with Crippen molar-refractivity contribution in [1.29, 1.82) is 0 Å². The van der Waals surface area contributed by atoms with Crippen LogP contribution in [0.4, 0.5) is 5.13 Å². The van der Waals surface area contributed by atoms with Crippen LogP contribution in [0.5, 0.6) is 0 Å². The fourth-order valence-corrected chi connectivity index (χ4v) is 1.76. The summed E-state index contributed by atoms with van der Waals surface area (Å²) >= 11 is 1.15. The van der Waals surface area contributed by atoms with Crippen LogP contribution in [0.15, 0.2) is 0 Å². The van der Waals surface area contributed by atoms with Crippen molar-refractivity contribution in [2.24, 2.45) is 0 Å². The van der Waals surface area contributed by atoms with Gasteiger partial charge in [-0.1, -0.05) is 13.8 Å². The van der Waals surface area contributed by atoms with Gasteiger partial charge in [-0.3, -0.25) is 0 Å². The molecule has 1 rings (SSSR count). The maximum atomic E-state index is 10.8. The van der Waals surface area contributed by atoms with Crippen molar-refractivity contribution in [3.63, 3.8) is 0 Å². The first-order valence-corrected chi connectivity index (χ1v) is 5.58. The van der Waals surface area contributed by atoms with Crippen LogP contribution in [-0.4, -0.2) is 26.5 Å². The van der Waals surface area contributed by atoms with E-state index in [4.69, 9.17) is 11.5 Å². The number of aliphatic carboxylic acids is 1. The van der Waals surface area contributed by atoms with Gasteiger partial charge in [-0.25, -0.2) is 9.78 Å². The zero-order valence-electron chi connectivity index (χ0n) is 9.10. The van der Waals surface area contributed by atoms with Crippen molar-refractivity contribution in [1.82, 2.24) is 9.36 Å². The Morgan fingerprint density at radius 1 is 1.69 bits per heavy atom. The largest absolute Gasteiger partial charge is 0.480 e. The van der Waals surface area contributed by atoms with E-state index in [-0.39, 0.29) is 12.3 Å². The maximum absolute atomic E-state index is 10.8. The Morgan fingerprint density at radius 2 is 2.38 bits per heavy atom. The number of aromatic nitrogens is 2. The van der Waals surface area contributed by atoms with Crippen molar-refractivity contribution < 1.29 is 9.90 Å². The highest BCUT2D eigenvalue weighted by molar-refractivity contribution is 7.09. The quantitative estimate of drug-likeness (QED) is 0.762. The lowest BCUT2D eigenvalue weighted by Gasteiger charge is -2.09. The predicted molar refractivity (Wildman–Crippen MR) is 62.5 cm³/mol. The molecule has 0 fully saturated rings. The van der Waals surface area contributed by atoms with Gasteiger partial charge in [-0.15, -0.1) is 12.3 Å². The Morgan fingerprint density at radius 3 is 2.81 bits per heavy atom. The van der Waals surface area contributed by atoms with Crippen LogP contribution in [0.2, 0.25) is 0 Å². The highest BCUT2D eigenvalue weighted by atomic mass is 32.1. The Hall–Kier alpha value is -1.61. The number of hydrogen-bond acceptors (Lipinski definition) is 5. The lowest BCUT2D eigenvalue weighted by Crippen LogP contribution is -2.28. The third kappa shape index (κ3) is 3.21. The van der Waals surface area contributed by atoms with E-state index in [0.717, 1.165) is 11.5 Å². The molecule has 1 aromatic rings. The summed E-state index contributed by atoms with van der Waals surface area (Å²) in [5.41, 5.74) is 0. The van der Waals surface area contributed by atoms with Crippen molar-refractivity contribution in [3.8, 4) is 12.3 Å². The standard InChI is InChI=1S/C10H13N3O2S/c1-4-5-7(9(14)15)11-10-12-8(6(2)3)13-16-10/h1,6-7H,5H2,2-3H3,(H,14,15)(H,11,12,13). The molecule has 0 bridgehead atoms. The van der Waals surface area contributed by atoms with Gasteiger partial charge in [-0.2, -0.15) is 4.37 Å². The van der Waals surface area contributed by atoms with Gasteiger partial charge in [0, 0.05) is 23.9 Å². The van der Waals surface area contributed by atoms with Crippen molar-refractivity contribution in [2.75, 3.05) is 5.32 Å². The Kier molecular flexibility index (Phi) is 4.26. The minimum Gasteiger partial charge on any atom is -0.480 e. The number of carbonyl (C=O) groups is 1. The van der Waals surface area contributed by atoms with Crippen molar-refractivity contribution in [2.45, 2.75) is 32.2 Å². The summed E-state index contributed by atoms with van der Waals surface area (Å²) in [4.78, 5) is 15.0. The van der Waals surface area contributed by atoms with Crippen LogP contribution in [0.25, 0.3) is 0 Å². The maximum Gasteiger partial charge on any atom is 0.327 e. The average molecular weight is 239 g/mol. The number of nitrogens with zero attached hydrogens (tertiary/aromatic N) is 2. The summed E-state index contributed by atoms with van der Waals surface area (Å²) in [6, 6.07) is -0.807. The molecule has 0 radical (unpaired) electrons. The molecule has 1 unspecified atom stereocenters. The average Bonchev–Trinajstić information content (AvgIpc) is 2.65. The Bertz CT molecular complexity index is 408. The van der Waals surface area contributed by atoms with E-state index < -0.39 is 12.0 Å². The van der Waals surface area contributed by atoms with Crippen molar-refractivity contribution >= 4 is 22.6 Å². The number of terminal acetylenes is 1. The van der Waals surface area contributed by atoms with Gasteiger partial charge in [0.1, 0.15) is 11.9 Å². The Balaban J connectivity index is 2.70. The second kappa shape index (κ2) is 5.47. The van der Waals surface area contributed by atoms with Gasteiger partial charge in [-0.05, 0) is 0 Å². The molecule has 0 aromatic carbocycles. The van der Waals surface area contributed by atoms with E-state index in [1.54, 1.807) is 0 Å². The number of hydrogen-bond donors (Lipinski definition) is 2.